The highest BCUT2D eigenvalue weighted by molar-refractivity contribution is 7.90. The van der Waals surface area contributed by atoms with E-state index in [1.54, 1.807) is 27.9 Å². The summed E-state index contributed by atoms with van der Waals surface area (Å²) in [4.78, 5) is 15.9. The Hall–Kier alpha value is -3.74. The van der Waals surface area contributed by atoms with Crippen LogP contribution in [0.25, 0.3) is 0 Å². The summed E-state index contributed by atoms with van der Waals surface area (Å²) in [6.45, 7) is -2.99. The molecule has 1 N–H and O–H groups in total. The van der Waals surface area contributed by atoms with Crippen molar-refractivity contribution in [2.45, 2.75) is 18.1 Å². The number of nitrogens with one attached hydrogen (secondary N) is 1. The molecule has 13 heteroatoms. The maximum absolute atomic E-state index is 12.8. The number of hydrogen-bond acceptors (Lipinski definition) is 8. The highest BCUT2D eigenvalue weighted by Crippen LogP contribution is 2.34. The smallest absolute Gasteiger partial charge is 0.387 e. The van der Waals surface area contributed by atoms with E-state index in [4.69, 9.17) is 9.47 Å². The first-order valence-corrected chi connectivity index (χ1v) is 10.4. The largest absolute Gasteiger partial charge is 0.495 e. The molecule has 2 heterocycles. The third-order valence-electron chi connectivity index (χ3n) is 4.13. The van der Waals surface area contributed by atoms with Gasteiger partial charge in [0.25, 0.3) is 15.9 Å². The molecule has 1 aromatic carbocycles. The maximum Gasteiger partial charge on any atom is 0.387 e. The normalized spacial score (nSPS) is 11.3. The number of hydrogen-bond donors (Lipinski definition) is 1. The second-order valence-electron chi connectivity index (χ2n) is 6.17. The number of amides is 1. The van der Waals surface area contributed by atoms with Crippen molar-refractivity contribution < 1.29 is 36.2 Å². The summed E-state index contributed by atoms with van der Waals surface area (Å²) in [5.74, 6) is -1.99. The molecule has 0 aliphatic carbocycles. The lowest BCUT2D eigenvalue weighted by molar-refractivity contribution is -0.0519. The quantitative estimate of drug-likeness (QED) is 0.507. The molecule has 0 atom stereocenters. The maximum atomic E-state index is 12.8. The first kappa shape index (κ1) is 22.9. The van der Waals surface area contributed by atoms with E-state index in [1.807, 2.05) is 0 Å². The molecule has 0 bridgehead atoms. The SMILES string of the molecule is COc1cccc(OC(F)F)c1S(=O)(=O)NC(=O)c1ccc(Cn2cccn2)c(OC)n1. The number of carbonyl (C=O) groups is 1. The number of nitrogens with zero attached hydrogens (tertiary/aromatic N) is 3. The lowest BCUT2D eigenvalue weighted by Crippen LogP contribution is -2.32. The number of aromatic nitrogens is 3. The molecule has 3 rings (SSSR count). The van der Waals surface area contributed by atoms with E-state index in [2.05, 4.69) is 14.8 Å². The fourth-order valence-electron chi connectivity index (χ4n) is 2.80. The van der Waals surface area contributed by atoms with E-state index in [-0.39, 0.29) is 17.3 Å². The van der Waals surface area contributed by atoms with E-state index in [0.717, 1.165) is 13.2 Å². The average Bonchev–Trinajstić information content (AvgIpc) is 3.26. The van der Waals surface area contributed by atoms with E-state index in [0.29, 0.717) is 12.1 Å². The predicted octanol–water partition coefficient (Wildman–Crippen LogP) is 2.06. The highest BCUT2D eigenvalue weighted by atomic mass is 32.2. The number of carbonyl (C=O) groups excluding carboxylic acids is 1. The Morgan fingerprint density at radius 1 is 1.12 bits per heavy atom. The summed E-state index contributed by atoms with van der Waals surface area (Å²) in [5.41, 5.74) is 0.314. The number of ether oxygens (including phenoxy) is 3. The van der Waals surface area contributed by atoms with Gasteiger partial charge in [-0.25, -0.2) is 18.1 Å². The minimum Gasteiger partial charge on any atom is -0.495 e. The van der Waals surface area contributed by atoms with E-state index >= 15 is 0 Å². The molecule has 0 saturated heterocycles. The van der Waals surface area contributed by atoms with E-state index < -0.39 is 33.2 Å². The first-order valence-electron chi connectivity index (χ1n) is 8.95. The van der Waals surface area contributed by atoms with Crippen molar-refractivity contribution >= 4 is 15.9 Å². The Bertz CT molecular complexity index is 1200. The van der Waals surface area contributed by atoms with Crippen LogP contribution in [-0.4, -0.2) is 49.9 Å². The summed E-state index contributed by atoms with van der Waals surface area (Å²) in [5, 5.41) is 4.07. The lowest BCUT2D eigenvalue weighted by atomic mass is 10.2. The molecule has 0 radical (unpaired) electrons. The lowest BCUT2D eigenvalue weighted by Gasteiger charge is -2.15. The molecule has 2 aromatic heterocycles. The topological polar surface area (TPSA) is 122 Å². The van der Waals surface area contributed by atoms with Gasteiger partial charge in [-0.2, -0.15) is 13.9 Å². The van der Waals surface area contributed by atoms with Gasteiger partial charge in [0.15, 0.2) is 4.90 Å². The second-order valence-corrected chi connectivity index (χ2v) is 7.79. The average molecular weight is 468 g/mol. The molecule has 170 valence electrons. The Kier molecular flexibility index (Phi) is 6.88. The molecule has 10 nitrogen and oxygen atoms in total. The predicted molar refractivity (Wildman–Crippen MR) is 106 cm³/mol. The number of rotatable bonds is 9. The van der Waals surface area contributed by atoms with Crippen LogP contribution >= 0.6 is 0 Å². The minimum atomic E-state index is -4.68. The number of alkyl halides is 2. The molecule has 0 spiro atoms. The van der Waals surface area contributed by atoms with E-state index in [1.165, 1.54) is 31.4 Å². The van der Waals surface area contributed by atoms with E-state index in [9.17, 15) is 22.0 Å². The molecule has 0 aliphatic rings. The van der Waals surface area contributed by atoms with Crippen LogP contribution in [0.4, 0.5) is 8.78 Å². The zero-order valence-electron chi connectivity index (χ0n) is 16.9. The molecule has 0 aliphatic heterocycles. The van der Waals surface area contributed by atoms with Crippen molar-refractivity contribution in [3.63, 3.8) is 0 Å². The number of sulfonamides is 1. The van der Waals surface area contributed by atoms with Crippen molar-refractivity contribution in [2.24, 2.45) is 0 Å². The second kappa shape index (κ2) is 9.60. The Morgan fingerprint density at radius 3 is 2.50 bits per heavy atom. The summed E-state index contributed by atoms with van der Waals surface area (Å²) in [6, 6.07) is 8.06. The van der Waals surface area contributed by atoms with Gasteiger partial charge in [-0.15, -0.1) is 0 Å². The van der Waals surface area contributed by atoms with Crippen molar-refractivity contribution in [3.05, 3.63) is 60.0 Å². The van der Waals surface area contributed by atoms with Gasteiger partial charge in [0, 0.05) is 18.0 Å². The molecule has 1 amide bonds. The molecule has 32 heavy (non-hydrogen) atoms. The molecule has 0 fully saturated rings. The van der Waals surface area contributed by atoms with Crippen molar-refractivity contribution in [2.75, 3.05) is 14.2 Å². The monoisotopic (exact) mass is 468 g/mol. The number of methoxy groups -OCH3 is 2. The van der Waals surface area contributed by atoms with Gasteiger partial charge in [-0.1, -0.05) is 6.07 Å². The summed E-state index contributed by atoms with van der Waals surface area (Å²) >= 11 is 0. The Labute approximate surface area is 181 Å². The molecular formula is C19H18F2N4O6S. The fourth-order valence-corrected chi connectivity index (χ4v) is 4.04. The minimum absolute atomic E-state index is 0.0876. The number of halogens is 2. The molecule has 3 aromatic rings. The van der Waals surface area contributed by atoms with Crippen LogP contribution in [0.3, 0.4) is 0 Å². The number of benzene rings is 1. The highest BCUT2D eigenvalue weighted by Gasteiger charge is 2.29. The summed E-state index contributed by atoms with van der Waals surface area (Å²) < 4.78 is 68.9. The van der Waals surface area contributed by atoms with Crippen LogP contribution in [0.2, 0.25) is 0 Å². The van der Waals surface area contributed by atoms with Crippen LogP contribution in [0.1, 0.15) is 16.1 Å². The van der Waals surface area contributed by atoms with Crippen LogP contribution in [-0.2, 0) is 16.6 Å². The van der Waals surface area contributed by atoms with Crippen molar-refractivity contribution in [3.8, 4) is 17.4 Å². The van der Waals surface area contributed by atoms with Gasteiger partial charge >= 0.3 is 6.61 Å². The summed E-state index contributed by atoms with van der Waals surface area (Å²) in [6.07, 6.45) is 3.31. The zero-order valence-corrected chi connectivity index (χ0v) is 17.7. The zero-order chi connectivity index (χ0) is 23.3. The molecule has 0 unspecified atom stereocenters. The van der Waals surface area contributed by atoms with Gasteiger partial charge in [0.1, 0.15) is 17.2 Å². The van der Waals surface area contributed by atoms with Crippen LogP contribution in [0.15, 0.2) is 53.7 Å². The van der Waals surface area contributed by atoms with Gasteiger partial charge in [-0.3, -0.25) is 9.48 Å². The van der Waals surface area contributed by atoms with Crippen LogP contribution < -0.4 is 18.9 Å². The Balaban J connectivity index is 1.90. The van der Waals surface area contributed by atoms with Gasteiger partial charge < -0.3 is 14.2 Å². The molecule has 0 saturated carbocycles. The third kappa shape index (κ3) is 5.11. The van der Waals surface area contributed by atoms with Crippen molar-refractivity contribution in [1.29, 1.82) is 0 Å². The van der Waals surface area contributed by atoms with Crippen LogP contribution in [0.5, 0.6) is 17.4 Å². The molecular weight excluding hydrogens is 450 g/mol. The Morgan fingerprint density at radius 2 is 1.88 bits per heavy atom. The standard InChI is InChI=1S/C19H18F2N4O6S/c1-29-14-5-3-6-15(31-19(20)21)16(14)32(27,28)24-17(26)13-8-7-12(18(23-13)30-2)11-25-10-4-9-22-25/h3-10,19H,11H2,1-2H3,(H,24,26). The van der Waals surface area contributed by atoms with Gasteiger partial charge in [0.05, 0.1) is 20.8 Å². The van der Waals surface area contributed by atoms with Crippen LogP contribution in [0, 0.1) is 0 Å². The first-order chi connectivity index (χ1) is 15.2. The van der Waals surface area contributed by atoms with Gasteiger partial charge in [-0.05, 0) is 30.3 Å². The van der Waals surface area contributed by atoms with Gasteiger partial charge in [0.2, 0.25) is 5.88 Å². The summed E-state index contributed by atoms with van der Waals surface area (Å²) in [7, 11) is -2.19. The number of pyridine rings is 1. The van der Waals surface area contributed by atoms with Crippen molar-refractivity contribution in [1.82, 2.24) is 19.5 Å². The fraction of sp³-hybridized carbons (Fsp3) is 0.211. The third-order valence-corrected chi connectivity index (χ3v) is 5.53.